The number of likely N-dealkylation sites (N-methyl/N-ethyl adjacent to an activating group) is 1. The molecule has 1 heterocycles. The molecule has 116 valence electrons. The van der Waals surface area contributed by atoms with Crippen molar-refractivity contribution in [3.05, 3.63) is 0 Å². The first-order chi connectivity index (χ1) is 9.30. The average Bonchev–Trinajstić information content (AvgIpc) is 2.82. The van der Waals surface area contributed by atoms with E-state index >= 15 is 0 Å². The van der Waals surface area contributed by atoms with Crippen LogP contribution in [0.25, 0.3) is 0 Å². The number of nitrogens with one attached hydrogen (secondary N) is 1. The van der Waals surface area contributed by atoms with E-state index in [1.165, 1.54) is 4.90 Å². The summed E-state index contributed by atoms with van der Waals surface area (Å²) >= 11 is 0. The van der Waals surface area contributed by atoms with Crippen molar-refractivity contribution in [2.45, 2.75) is 44.0 Å². The number of hydrogen-bond acceptors (Lipinski definition) is 3. The predicted molar refractivity (Wildman–Crippen MR) is 66.9 cm³/mol. The van der Waals surface area contributed by atoms with Gasteiger partial charge in [-0.25, -0.2) is 0 Å². The lowest BCUT2D eigenvalue weighted by Crippen LogP contribution is -2.48. The number of halogens is 3. The van der Waals surface area contributed by atoms with Crippen LogP contribution in [-0.4, -0.2) is 54.4 Å². The molecule has 2 aliphatic rings. The first-order valence-electron chi connectivity index (χ1n) is 7.03. The van der Waals surface area contributed by atoms with E-state index in [9.17, 15) is 23.1 Å². The molecule has 0 aromatic carbocycles. The van der Waals surface area contributed by atoms with Crippen LogP contribution in [0.4, 0.5) is 13.2 Å². The summed E-state index contributed by atoms with van der Waals surface area (Å²) in [4.78, 5) is 13.7. The van der Waals surface area contributed by atoms with Gasteiger partial charge in [0.1, 0.15) is 0 Å². The second kappa shape index (κ2) is 5.89. The van der Waals surface area contributed by atoms with Crippen LogP contribution in [0.1, 0.15) is 25.7 Å². The van der Waals surface area contributed by atoms with E-state index in [0.717, 1.165) is 0 Å². The van der Waals surface area contributed by atoms with E-state index in [1.807, 2.05) is 0 Å². The van der Waals surface area contributed by atoms with Gasteiger partial charge in [0, 0.05) is 26.1 Å². The molecule has 2 N–H and O–H groups in total. The molecule has 0 aromatic rings. The molecule has 2 unspecified atom stereocenters. The molecule has 0 aromatic heterocycles. The number of β-amino-alcohol motifs (C(OH)–C–C–N with tert-alkyl or cyclic N) is 1. The minimum absolute atomic E-state index is 0.116. The van der Waals surface area contributed by atoms with Gasteiger partial charge < -0.3 is 15.3 Å². The van der Waals surface area contributed by atoms with Crippen LogP contribution in [0.15, 0.2) is 0 Å². The van der Waals surface area contributed by atoms with Crippen LogP contribution in [0, 0.1) is 11.8 Å². The maximum absolute atomic E-state index is 12.8. The predicted octanol–water partition coefficient (Wildman–Crippen LogP) is 1.15. The number of carbonyl (C=O) groups excluding carboxylic acids is 1. The van der Waals surface area contributed by atoms with E-state index in [0.29, 0.717) is 25.9 Å². The number of aliphatic hydroxyl groups excluding tert-OH is 1. The van der Waals surface area contributed by atoms with Gasteiger partial charge in [-0.1, -0.05) is 6.42 Å². The summed E-state index contributed by atoms with van der Waals surface area (Å²) in [5.74, 6) is -2.22. The maximum atomic E-state index is 12.8. The molecule has 1 saturated heterocycles. The highest BCUT2D eigenvalue weighted by molar-refractivity contribution is 5.79. The zero-order valence-electron chi connectivity index (χ0n) is 11.5. The molecule has 1 amide bonds. The number of carbonyl (C=O) groups is 1. The molecule has 1 aliphatic carbocycles. The summed E-state index contributed by atoms with van der Waals surface area (Å²) < 4.78 is 38.3. The van der Waals surface area contributed by atoms with Crippen molar-refractivity contribution in [2.75, 3.05) is 20.1 Å². The standard InChI is InChI=1S/C13H21F3N2O2/c1-18(10-6-17-7-11(10)19)12(20)8-3-2-4-9(5-8)13(14,15)16/h8-11,17,19H,2-7H2,1H3/t8?,9?,10-,11-/m0/s1. The number of amides is 1. The molecule has 7 heteroatoms. The van der Waals surface area contributed by atoms with Gasteiger partial charge in [-0.2, -0.15) is 13.2 Å². The third kappa shape index (κ3) is 3.25. The average molecular weight is 294 g/mol. The smallest absolute Gasteiger partial charge is 0.390 e. The van der Waals surface area contributed by atoms with Gasteiger partial charge in [-0.05, 0) is 19.3 Å². The Bertz CT molecular complexity index is 362. The highest BCUT2D eigenvalue weighted by Gasteiger charge is 2.44. The van der Waals surface area contributed by atoms with Crippen molar-refractivity contribution in [1.29, 1.82) is 0 Å². The summed E-state index contributed by atoms with van der Waals surface area (Å²) in [5.41, 5.74) is 0. The fourth-order valence-electron chi connectivity index (χ4n) is 3.21. The third-order valence-electron chi connectivity index (χ3n) is 4.48. The number of aliphatic hydroxyl groups is 1. The lowest BCUT2D eigenvalue weighted by Gasteiger charge is -2.34. The SMILES string of the molecule is CN(C(=O)C1CCCC(C(F)(F)F)C1)[C@H]1CNC[C@@H]1O. The fraction of sp³-hybridized carbons (Fsp3) is 0.923. The molecule has 4 atom stereocenters. The third-order valence-corrected chi connectivity index (χ3v) is 4.48. The number of alkyl halides is 3. The molecule has 1 saturated carbocycles. The number of hydrogen-bond donors (Lipinski definition) is 2. The number of nitrogens with zero attached hydrogens (tertiary/aromatic N) is 1. The van der Waals surface area contributed by atoms with Crippen molar-refractivity contribution in [3.8, 4) is 0 Å². The Kier molecular flexibility index (Phi) is 4.59. The van der Waals surface area contributed by atoms with Crippen molar-refractivity contribution >= 4 is 5.91 Å². The van der Waals surface area contributed by atoms with Crippen LogP contribution in [-0.2, 0) is 4.79 Å². The van der Waals surface area contributed by atoms with Crippen molar-refractivity contribution < 1.29 is 23.1 Å². The van der Waals surface area contributed by atoms with Gasteiger partial charge in [-0.15, -0.1) is 0 Å². The molecule has 2 fully saturated rings. The monoisotopic (exact) mass is 294 g/mol. The zero-order chi connectivity index (χ0) is 14.9. The number of rotatable bonds is 2. The van der Waals surface area contributed by atoms with Crippen LogP contribution >= 0.6 is 0 Å². The molecule has 0 spiro atoms. The molecule has 0 bridgehead atoms. The summed E-state index contributed by atoms with van der Waals surface area (Å²) in [5, 5.41) is 12.7. The molecule has 2 rings (SSSR count). The van der Waals surface area contributed by atoms with Crippen molar-refractivity contribution in [2.24, 2.45) is 11.8 Å². The second-order valence-corrected chi connectivity index (χ2v) is 5.84. The van der Waals surface area contributed by atoms with E-state index in [2.05, 4.69) is 5.32 Å². The molecular weight excluding hydrogens is 273 g/mol. The Morgan fingerprint density at radius 1 is 1.30 bits per heavy atom. The topological polar surface area (TPSA) is 52.6 Å². The summed E-state index contributed by atoms with van der Waals surface area (Å²) in [6.45, 7) is 0.900. The van der Waals surface area contributed by atoms with Crippen molar-refractivity contribution in [3.63, 3.8) is 0 Å². The minimum atomic E-state index is -4.22. The van der Waals surface area contributed by atoms with E-state index in [1.54, 1.807) is 7.05 Å². The fourth-order valence-corrected chi connectivity index (χ4v) is 3.21. The summed E-state index contributed by atoms with van der Waals surface area (Å²) in [6.07, 6.45) is -3.93. The van der Waals surface area contributed by atoms with Crippen LogP contribution in [0.3, 0.4) is 0 Å². The quantitative estimate of drug-likeness (QED) is 0.803. The Balaban J connectivity index is 1.98. The summed E-state index contributed by atoms with van der Waals surface area (Å²) in [7, 11) is 1.57. The van der Waals surface area contributed by atoms with E-state index < -0.39 is 24.1 Å². The lowest BCUT2D eigenvalue weighted by atomic mass is 9.80. The Hall–Kier alpha value is -0.820. The first-order valence-corrected chi connectivity index (χ1v) is 7.03. The molecule has 4 nitrogen and oxygen atoms in total. The Morgan fingerprint density at radius 3 is 2.55 bits per heavy atom. The van der Waals surface area contributed by atoms with Gasteiger partial charge in [0.2, 0.25) is 5.91 Å². The van der Waals surface area contributed by atoms with Crippen LogP contribution < -0.4 is 5.32 Å². The first kappa shape index (κ1) is 15.6. The Morgan fingerprint density at radius 2 is 2.00 bits per heavy atom. The van der Waals surface area contributed by atoms with Crippen LogP contribution in [0.2, 0.25) is 0 Å². The van der Waals surface area contributed by atoms with Gasteiger partial charge in [-0.3, -0.25) is 4.79 Å². The molecule has 0 radical (unpaired) electrons. The van der Waals surface area contributed by atoms with Gasteiger partial charge in [0.15, 0.2) is 0 Å². The van der Waals surface area contributed by atoms with E-state index in [-0.39, 0.29) is 24.8 Å². The van der Waals surface area contributed by atoms with Gasteiger partial charge in [0.05, 0.1) is 18.1 Å². The normalized spacial score (nSPS) is 35.0. The molecule has 1 aliphatic heterocycles. The highest BCUT2D eigenvalue weighted by Crippen LogP contribution is 2.40. The summed E-state index contributed by atoms with van der Waals surface area (Å²) in [6, 6.07) is -0.339. The molecular formula is C13H21F3N2O2. The van der Waals surface area contributed by atoms with Crippen molar-refractivity contribution in [1.82, 2.24) is 10.2 Å². The minimum Gasteiger partial charge on any atom is -0.390 e. The second-order valence-electron chi connectivity index (χ2n) is 5.84. The zero-order valence-corrected chi connectivity index (χ0v) is 11.5. The van der Waals surface area contributed by atoms with Gasteiger partial charge in [0.25, 0.3) is 0 Å². The van der Waals surface area contributed by atoms with E-state index in [4.69, 9.17) is 0 Å². The van der Waals surface area contributed by atoms with Gasteiger partial charge >= 0.3 is 6.18 Å². The Labute approximate surface area is 116 Å². The van der Waals surface area contributed by atoms with Crippen LogP contribution in [0.5, 0.6) is 0 Å². The highest BCUT2D eigenvalue weighted by atomic mass is 19.4. The largest absolute Gasteiger partial charge is 0.391 e. The maximum Gasteiger partial charge on any atom is 0.391 e. The molecule has 20 heavy (non-hydrogen) atoms. The lowest BCUT2D eigenvalue weighted by molar-refractivity contribution is -0.187.